The van der Waals surface area contributed by atoms with Crippen LogP contribution in [0.15, 0.2) is 40.0 Å². The van der Waals surface area contributed by atoms with Crippen molar-refractivity contribution >= 4 is 26.0 Å². The summed E-state index contributed by atoms with van der Waals surface area (Å²) in [5.74, 6) is 0. The number of likely N-dealkylation sites (N-methyl/N-ethyl adjacent to an activating group) is 1. The van der Waals surface area contributed by atoms with Gasteiger partial charge in [0.15, 0.2) is 0 Å². The molecule has 88 valence electrons. The van der Waals surface area contributed by atoms with Crippen LogP contribution in [0.3, 0.4) is 0 Å². The van der Waals surface area contributed by atoms with Crippen LogP contribution in [-0.4, -0.2) is 31.3 Å². The highest BCUT2D eigenvalue weighted by Gasteiger charge is 2.20. The van der Waals surface area contributed by atoms with Gasteiger partial charge in [0.2, 0.25) is 10.0 Å². The molecular weight excluding hydrogens is 292 g/mol. The Balaban J connectivity index is 3.07. The Morgan fingerprint density at radius 1 is 1.56 bits per heavy atom. The minimum absolute atomic E-state index is 0.172. The lowest BCUT2D eigenvalue weighted by Gasteiger charge is -2.16. The van der Waals surface area contributed by atoms with E-state index in [1.807, 2.05) is 0 Å². The number of hydrogen-bond donors (Lipinski definition) is 0. The van der Waals surface area contributed by atoms with Crippen LogP contribution >= 0.6 is 15.9 Å². The molecule has 1 heterocycles. The van der Waals surface area contributed by atoms with Gasteiger partial charge in [0.1, 0.15) is 4.90 Å². The third kappa shape index (κ3) is 3.13. The van der Waals surface area contributed by atoms with E-state index >= 15 is 0 Å². The molecule has 0 saturated carbocycles. The maximum Gasteiger partial charge on any atom is 0.244 e. The Kier molecular flexibility index (Phi) is 4.23. The summed E-state index contributed by atoms with van der Waals surface area (Å²) in [6, 6.07) is 1.53. The summed E-state index contributed by atoms with van der Waals surface area (Å²) >= 11 is 3.19. The molecule has 0 fully saturated rings. The van der Waals surface area contributed by atoms with Gasteiger partial charge in [-0.15, -0.1) is 0 Å². The molecule has 0 radical (unpaired) electrons. The molecule has 0 aliphatic heterocycles. The normalized spacial score (nSPS) is 11.8. The molecule has 0 aromatic carbocycles. The summed E-state index contributed by atoms with van der Waals surface area (Å²) in [4.78, 5) is 4.01. The third-order valence-corrected chi connectivity index (χ3v) is 4.08. The standard InChI is InChI=1S/C10H13BrN2O2S/c1-8(2)7-13(3)16(14,15)10-4-9(11)5-12-6-10/h4-6H,1,7H2,2-3H3. The fourth-order valence-electron chi connectivity index (χ4n) is 1.18. The van der Waals surface area contributed by atoms with E-state index in [0.29, 0.717) is 11.0 Å². The smallest absolute Gasteiger partial charge is 0.244 e. The van der Waals surface area contributed by atoms with Crippen LogP contribution in [0.4, 0.5) is 0 Å². The van der Waals surface area contributed by atoms with Crippen molar-refractivity contribution in [3.8, 4) is 0 Å². The van der Waals surface area contributed by atoms with E-state index in [1.165, 1.54) is 29.8 Å². The Hall–Kier alpha value is -0.720. The van der Waals surface area contributed by atoms with Crippen LogP contribution in [-0.2, 0) is 10.0 Å². The Bertz CT molecular complexity index is 499. The van der Waals surface area contributed by atoms with E-state index in [9.17, 15) is 8.42 Å². The highest BCUT2D eigenvalue weighted by Crippen LogP contribution is 2.18. The number of sulfonamides is 1. The van der Waals surface area contributed by atoms with Gasteiger partial charge in [-0.3, -0.25) is 4.98 Å². The molecule has 0 saturated heterocycles. The van der Waals surface area contributed by atoms with Gasteiger partial charge >= 0.3 is 0 Å². The first-order valence-corrected chi connectivity index (χ1v) is 6.78. The van der Waals surface area contributed by atoms with Crippen molar-refractivity contribution in [3.63, 3.8) is 0 Å². The van der Waals surface area contributed by atoms with Gasteiger partial charge in [0.25, 0.3) is 0 Å². The minimum Gasteiger partial charge on any atom is -0.262 e. The van der Waals surface area contributed by atoms with E-state index in [-0.39, 0.29) is 4.90 Å². The number of halogens is 1. The van der Waals surface area contributed by atoms with Crippen LogP contribution in [0, 0.1) is 0 Å². The van der Waals surface area contributed by atoms with Crippen molar-refractivity contribution in [1.29, 1.82) is 0 Å². The highest BCUT2D eigenvalue weighted by molar-refractivity contribution is 9.10. The van der Waals surface area contributed by atoms with Crippen LogP contribution in [0.2, 0.25) is 0 Å². The van der Waals surface area contributed by atoms with Crippen molar-refractivity contribution in [1.82, 2.24) is 9.29 Å². The average molecular weight is 305 g/mol. The summed E-state index contributed by atoms with van der Waals surface area (Å²) in [5, 5.41) is 0. The summed E-state index contributed by atoms with van der Waals surface area (Å²) in [7, 11) is -1.96. The minimum atomic E-state index is -3.48. The Morgan fingerprint density at radius 2 is 2.19 bits per heavy atom. The number of rotatable bonds is 4. The molecule has 0 aliphatic carbocycles. The molecule has 1 aromatic heterocycles. The Morgan fingerprint density at radius 3 is 2.69 bits per heavy atom. The van der Waals surface area contributed by atoms with Gasteiger partial charge in [-0.1, -0.05) is 12.2 Å². The first-order valence-electron chi connectivity index (χ1n) is 4.55. The second-order valence-corrected chi connectivity index (χ2v) is 6.52. The quantitative estimate of drug-likeness (QED) is 0.800. The van der Waals surface area contributed by atoms with E-state index in [1.54, 1.807) is 6.92 Å². The zero-order valence-corrected chi connectivity index (χ0v) is 11.5. The maximum absolute atomic E-state index is 12.0. The van der Waals surface area contributed by atoms with Gasteiger partial charge in [-0.2, -0.15) is 4.31 Å². The molecular formula is C10H13BrN2O2S. The second kappa shape index (κ2) is 5.07. The van der Waals surface area contributed by atoms with Crippen molar-refractivity contribution < 1.29 is 8.42 Å². The largest absolute Gasteiger partial charge is 0.262 e. The first kappa shape index (κ1) is 13.3. The third-order valence-electron chi connectivity index (χ3n) is 1.88. The summed E-state index contributed by atoms with van der Waals surface area (Å²) < 4.78 is 26.0. The molecule has 1 aromatic rings. The predicted octanol–water partition coefficient (Wildman–Crippen LogP) is 2.04. The van der Waals surface area contributed by atoms with Gasteiger partial charge in [-0.05, 0) is 28.9 Å². The fraction of sp³-hybridized carbons (Fsp3) is 0.300. The highest BCUT2D eigenvalue weighted by atomic mass is 79.9. The molecule has 6 heteroatoms. The second-order valence-electron chi connectivity index (χ2n) is 3.56. The summed E-state index contributed by atoms with van der Waals surface area (Å²) in [5.41, 5.74) is 0.786. The molecule has 0 spiro atoms. The topological polar surface area (TPSA) is 50.3 Å². The van der Waals surface area contributed by atoms with Crippen LogP contribution < -0.4 is 0 Å². The lowest BCUT2D eigenvalue weighted by Crippen LogP contribution is -2.28. The molecule has 0 amide bonds. The van der Waals surface area contributed by atoms with Crippen molar-refractivity contribution in [3.05, 3.63) is 35.1 Å². The van der Waals surface area contributed by atoms with Crippen LogP contribution in [0.5, 0.6) is 0 Å². The molecule has 4 nitrogen and oxygen atoms in total. The summed E-state index contributed by atoms with van der Waals surface area (Å²) in [6.07, 6.45) is 2.87. The monoisotopic (exact) mass is 304 g/mol. The number of hydrogen-bond acceptors (Lipinski definition) is 3. The predicted molar refractivity (Wildman–Crippen MR) is 66.6 cm³/mol. The first-order chi connectivity index (χ1) is 7.34. The number of pyridine rings is 1. The maximum atomic E-state index is 12.0. The Labute approximate surface area is 104 Å². The molecule has 1 rings (SSSR count). The zero-order chi connectivity index (χ0) is 12.3. The van der Waals surface area contributed by atoms with Crippen LogP contribution in [0.25, 0.3) is 0 Å². The molecule has 0 bridgehead atoms. The molecule has 0 N–H and O–H groups in total. The fourth-order valence-corrected chi connectivity index (χ4v) is 2.92. The van der Waals surface area contributed by atoms with Crippen LogP contribution in [0.1, 0.15) is 6.92 Å². The van der Waals surface area contributed by atoms with E-state index in [2.05, 4.69) is 27.5 Å². The van der Waals surface area contributed by atoms with Gasteiger partial charge in [0, 0.05) is 30.5 Å². The molecule has 0 unspecified atom stereocenters. The summed E-state index contributed by atoms with van der Waals surface area (Å²) in [6.45, 7) is 5.77. The van der Waals surface area contributed by atoms with E-state index < -0.39 is 10.0 Å². The zero-order valence-electron chi connectivity index (χ0n) is 9.14. The lowest BCUT2D eigenvalue weighted by atomic mass is 10.4. The van der Waals surface area contributed by atoms with E-state index in [4.69, 9.17) is 0 Å². The van der Waals surface area contributed by atoms with Gasteiger partial charge in [0.05, 0.1) is 0 Å². The van der Waals surface area contributed by atoms with Crippen molar-refractivity contribution in [2.45, 2.75) is 11.8 Å². The van der Waals surface area contributed by atoms with Gasteiger partial charge < -0.3 is 0 Å². The molecule has 0 atom stereocenters. The molecule has 16 heavy (non-hydrogen) atoms. The SMILES string of the molecule is C=C(C)CN(C)S(=O)(=O)c1cncc(Br)c1. The van der Waals surface area contributed by atoms with Gasteiger partial charge in [-0.25, -0.2) is 8.42 Å². The van der Waals surface area contributed by atoms with Crippen molar-refractivity contribution in [2.24, 2.45) is 0 Å². The lowest BCUT2D eigenvalue weighted by molar-refractivity contribution is 0.492. The number of aromatic nitrogens is 1. The van der Waals surface area contributed by atoms with Crippen molar-refractivity contribution in [2.75, 3.05) is 13.6 Å². The molecule has 0 aliphatic rings. The average Bonchev–Trinajstić information content (AvgIpc) is 2.16. The number of nitrogens with zero attached hydrogens (tertiary/aromatic N) is 2. The van der Waals surface area contributed by atoms with E-state index in [0.717, 1.165) is 5.57 Å².